The molecule has 0 radical (unpaired) electrons. The Morgan fingerprint density at radius 3 is 2.60 bits per heavy atom. The molecule has 1 N–H and O–H groups in total. The fourth-order valence-electron chi connectivity index (χ4n) is 1.45. The monoisotopic (exact) mass is 227 g/mol. The van der Waals surface area contributed by atoms with Gasteiger partial charge in [-0.1, -0.05) is 17.7 Å². The Kier molecular flexibility index (Phi) is 4.12. The van der Waals surface area contributed by atoms with Gasteiger partial charge in [-0.25, -0.2) is 0 Å². The highest BCUT2D eigenvalue weighted by atomic mass is 35.5. The molecule has 15 heavy (non-hydrogen) atoms. The molecule has 0 aliphatic carbocycles. The van der Waals surface area contributed by atoms with E-state index in [0.29, 0.717) is 10.8 Å². The summed E-state index contributed by atoms with van der Waals surface area (Å²) in [6.07, 6.45) is 0. The molecule has 4 heteroatoms. The number of carbonyl (C=O) groups is 1. The third-order valence-electron chi connectivity index (χ3n) is 2.21. The van der Waals surface area contributed by atoms with E-state index >= 15 is 0 Å². The molecule has 1 atom stereocenters. The van der Waals surface area contributed by atoms with Crippen LogP contribution in [0, 0.1) is 0 Å². The SMILES string of the molecule is CNC(C(C)=O)c1ccc(OC)cc1Cl. The van der Waals surface area contributed by atoms with Crippen LogP contribution in [0.2, 0.25) is 5.02 Å². The smallest absolute Gasteiger partial charge is 0.151 e. The third kappa shape index (κ3) is 2.70. The predicted octanol–water partition coefficient (Wildman–Crippen LogP) is 2.20. The van der Waals surface area contributed by atoms with Crippen molar-refractivity contribution >= 4 is 17.4 Å². The molecule has 1 unspecified atom stereocenters. The number of hydrogen-bond acceptors (Lipinski definition) is 3. The fraction of sp³-hybridized carbons (Fsp3) is 0.364. The van der Waals surface area contributed by atoms with E-state index in [4.69, 9.17) is 16.3 Å². The maximum atomic E-state index is 11.3. The van der Waals surface area contributed by atoms with Gasteiger partial charge in [0.2, 0.25) is 0 Å². The van der Waals surface area contributed by atoms with Gasteiger partial charge in [-0.15, -0.1) is 0 Å². The van der Waals surface area contributed by atoms with Crippen LogP contribution in [-0.2, 0) is 4.79 Å². The van der Waals surface area contributed by atoms with Gasteiger partial charge in [0.25, 0.3) is 0 Å². The maximum Gasteiger partial charge on any atom is 0.151 e. The molecule has 3 nitrogen and oxygen atoms in total. The lowest BCUT2D eigenvalue weighted by Crippen LogP contribution is -2.23. The van der Waals surface area contributed by atoms with Crippen LogP contribution in [0.15, 0.2) is 18.2 Å². The molecule has 0 aliphatic heterocycles. The van der Waals surface area contributed by atoms with Crippen molar-refractivity contribution in [1.29, 1.82) is 0 Å². The summed E-state index contributed by atoms with van der Waals surface area (Å²) in [5.74, 6) is 0.715. The number of ether oxygens (including phenoxy) is 1. The topological polar surface area (TPSA) is 38.3 Å². The first-order chi connectivity index (χ1) is 7.10. The number of nitrogens with one attached hydrogen (secondary N) is 1. The van der Waals surface area contributed by atoms with Gasteiger partial charge in [0.15, 0.2) is 5.78 Å². The molecule has 0 spiro atoms. The second kappa shape index (κ2) is 5.14. The largest absolute Gasteiger partial charge is 0.497 e. The molecule has 0 fully saturated rings. The minimum absolute atomic E-state index is 0.0320. The molecular formula is C11H14ClNO2. The van der Waals surface area contributed by atoms with Crippen molar-refractivity contribution in [3.8, 4) is 5.75 Å². The summed E-state index contributed by atoms with van der Waals surface area (Å²) in [7, 11) is 3.30. The van der Waals surface area contributed by atoms with E-state index in [-0.39, 0.29) is 11.8 Å². The van der Waals surface area contributed by atoms with Crippen LogP contribution in [0.25, 0.3) is 0 Å². The first-order valence-corrected chi connectivity index (χ1v) is 4.99. The number of rotatable bonds is 4. The standard InChI is InChI=1S/C11H14ClNO2/c1-7(14)11(13-2)9-5-4-8(15-3)6-10(9)12/h4-6,11,13H,1-3H3. The first kappa shape index (κ1) is 12.0. The van der Waals surface area contributed by atoms with E-state index in [9.17, 15) is 4.79 Å². The van der Waals surface area contributed by atoms with Crippen molar-refractivity contribution in [1.82, 2.24) is 5.32 Å². The molecule has 0 aliphatic rings. The van der Waals surface area contributed by atoms with Crippen LogP contribution in [0.5, 0.6) is 5.75 Å². The van der Waals surface area contributed by atoms with Crippen molar-refractivity contribution in [2.24, 2.45) is 0 Å². The zero-order valence-corrected chi connectivity index (χ0v) is 9.76. The molecule has 1 rings (SSSR count). The van der Waals surface area contributed by atoms with E-state index in [0.717, 1.165) is 5.56 Å². The average molecular weight is 228 g/mol. The van der Waals surface area contributed by atoms with Gasteiger partial charge in [0.05, 0.1) is 13.2 Å². The Labute approximate surface area is 94.4 Å². The fourth-order valence-corrected chi connectivity index (χ4v) is 1.73. The second-order valence-electron chi connectivity index (χ2n) is 3.22. The Bertz CT molecular complexity index is 366. The summed E-state index contributed by atoms with van der Waals surface area (Å²) in [5.41, 5.74) is 0.771. The zero-order valence-electron chi connectivity index (χ0n) is 9.00. The summed E-state index contributed by atoms with van der Waals surface area (Å²) < 4.78 is 5.03. The van der Waals surface area contributed by atoms with Crippen LogP contribution in [0.1, 0.15) is 18.5 Å². The molecule has 0 saturated heterocycles. The van der Waals surface area contributed by atoms with Crippen LogP contribution in [-0.4, -0.2) is 19.9 Å². The molecule has 0 aromatic heterocycles. The molecule has 0 bridgehead atoms. The maximum absolute atomic E-state index is 11.3. The number of halogens is 1. The van der Waals surface area contributed by atoms with E-state index < -0.39 is 0 Å². The first-order valence-electron chi connectivity index (χ1n) is 4.61. The van der Waals surface area contributed by atoms with Crippen molar-refractivity contribution in [2.75, 3.05) is 14.2 Å². The predicted molar refractivity (Wildman–Crippen MR) is 60.5 cm³/mol. The van der Waals surface area contributed by atoms with Crippen LogP contribution in [0.3, 0.4) is 0 Å². The van der Waals surface area contributed by atoms with Crippen LogP contribution >= 0.6 is 11.6 Å². The lowest BCUT2D eigenvalue weighted by Gasteiger charge is -2.15. The Hall–Kier alpha value is -1.06. The molecule has 1 aromatic rings. The number of hydrogen-bond donors (Lipinski definition) is 1. The van der Waals surface area contributed by atoms with E-state index in [2.05, 4.69) is 5.32 Å². The molecular weight excluding hydrogens is 214 g/mol. The van der Waals surface area contributed by atoms with Crippen molar-refractivity contribution in [3.05, 3.63) is 28.8 Å². The number of likely N-dealkylation sites (N-methyl/N-ethyl adjacent to an activating group) is 1. The third-order valence-corrected chi connectivity index (χ3v) is 2.54. The van der Waals surface area contributed by atoms with Crippen molar-refractivity contribution < 1.29 is 9.53 Å². The molecule has 0 saturated carbocycles. The lowest BCUT2D eigenvalue weighted by atomic mass is 10.0. The van der Waals surface area contributed by atoms with Crippen molar-refractivity contribution in [2.45, 2.75) is 13.0 Å². The number of benzene rings is 1. The Balaban J connectivity index is 3.08. The lowest BCUT2D eigenvalue weighted by molar-refractivity contribution is -0.119. The van der Waals surface area contributed by atoms with Gasteiger partial charge >= 0.3 is 0 Å². The van der Waals surface area contributed by atoms with Crippen LogP contribution < -0.4 is 10.1 Å². The summed E-state index contributed by atoms with van der Waals surface area (Å²) in [6, 6.07) is 4.92. The molecule has 0 amide bonds. The van der Waals surface area contributed by atoms with Gasteiger partial charge in [0.1, 0.15) is 5.75 Å². The quantitative estimate of drug-likeness (QED) is 0.857. The molecule has 0 heterocycles. The summed E-state index contributed by atoms with van der Waals surface area (Å²) >= 11 is 6.05. The van der Waals surface area contributed by atoms with Gasteiger partial charge in [-0.2, -0.15) is 0 Å². The number of methoxy groups -OCH3 is 1. The number of Topliss-reactive ketones (excluding diaryl/α,β-unsaturated/α-hetero) is 1. The summed E-state index contributed by atoms with van der Waals surface area (Å²) in [4.78, 5) is 11.3. The van der Waals surface area contributed by atoms with Gasteiger partial charge in [-0.05, 0) is 31.7 Å². The highest BCUT2D eigenvalue weighted by molar-refractivity contribution is 6.31. The Morgan fingerprint density at radius 1 is 1.53 bits per heavy atom. The van der Waals surface area contributed by atoms with E-state index in [1.807, 2.05) is 0 Å². The highest BCUT2D eigenvalue weighted by Crippen LogP contribution is 2.27. The van der Waals surface area contributed by atoms with E-state index in [1.54, 1.807) is 32.4 Å². The number of carbonyl (C=O) groups excluding carboxylic acids is 1. The Morgan fingerprint density at radius 2 is 2.20 bits per heavy atom. The molecule has 1 aromatic carbocycles. The summed E-state index contributed by atoms with van der Waals surface area (Å²) in [5, 5.41) is 3.45. The van der Waals surface area contributed by atoms with Crippen molar-refractivity contribution in [3.63, 3.8) is 0 Å². The number of ketones is 1. The molecule has 82 valence electrons. The zero-order chi connectivity index (χ0) is 11.4. The van der Waals surface area contributed by atoms with Gasteiger partial charge in [0, 0.05) is 5.02 Å². The minimum atomic E-state index is -0.358. The van der Waals surface area contributed by atoms with E-state index in [1.165, 1.54) is 6.92 Å². The van der Waals surface area contributed by atoms with Crippen LogP contribution in [0.4, 0.5) is 0 Å². The minimum Gasteiger partial charge on any atom is -0.497 e. The highest BCUT2D eigenvalue weighted by Gasteiger charge is 2.17. The van der Waals surface area contributed by atoms with Gasteiger partial charge in [-0.3, -0.25) is 4.79 Å². The summed E-state index contributed by atoms with van der Waals surface area (Å²) in [6.45, 7) is 1.53. The second-order valence-corrected chi connectivity index (χ2v) is 3.63. The average Bonchev–Trinajstić information content (AvgIpc) is 2.20. The van der Waals surface area contributed by atoms with Gasteiger partial charge < -0.3 is 10.1 Å². The normalized spacial score (nSPS) is 12.3.